The van der Waals surface area contributed by atoms with Crippen molar-refractivity contribution in [2.45, 2.75) is 69.8 Å². The molecule has 0 unspecified atom stereocenters. The predicted molar refractivity (Wildman–Crippen MR) is 95.2 cm³/mol. The third-order valence-corrected chi connectivity index (χ3v) is 6.63. The molecule has 0 N–H and O–H groups in total. The van der Waals surface area contributed by atoms with Crippen LogP contribution in [-0.2, 0) is 11.2 Å². The summed E-state index contributed by atoms with van der Waals surface area (Å²) < 4.78 is 5.55. The number of nitriles is 1. The molecule has 0 aliphatic heterocycles. The zero-order valence-electron chi connectivity index (χ0n) is 14.6. The molecule has 1 aromatic rings. The molecule has 0 saturated heterocycles. The van der Waals surface area contributed by atoms with Gasteiger partial charge < -0.3 is 4.74 Å². The number of nitrogens with zero attached hydrogens (tertiary/aromatic N) is 2. The molecule has 3 aliphatic rings. The van der Waals surface area contributed by atoms with E-state index in [0.717, 1.165) is 37.8 Å². The van der Waals surface area contributed by atoms with Crippen LogP contribution in [0, 0.1) is 16.9 Å². The molecule has 0 aromatic heterocycles. The maximum atomic E-state index is 9.28. The minimum Gasteiger partial charge on any atom is -0.381 e. The van der Waals surface area contributed by atoms with Crippen LogP contribution in [-0.4, -0.2) is 18.9 Å². The van der Waals surface area contributed by atoms with Gasteiger partial charge in [0, 0.05) is 18.1 Å². The van der Waals surface area contributed by atoms with E-state index in [1.807, 2.05) is 7.11 Å². The summed E-state index contributed by atoms with van der Waals surface area (Å²) in [6, 6.07) is 7.00. The van der Waals surface area contributed by atoms with Crippen LogP contribution in [0.25, 0.3) is 0 Å². The number of benzene rings is 1. The molecular weight excluding hydrogens is 296 g/mol. The van der Waals surface area contributed by atoms with Gasteiger partial charge in [0.1, 0.15) is 0 Å². The van der Waals surface area contributed by atoms with Gasteiger partial charge in [-0.3, -0.25) is 0 Å². The van der Waals surface area contributed by atoms with E-state index in [2.05, 4.69) is 29.4 Å². The molecule has 1 spiro atoms. The van der Waals surface area contributed by atoms with Crippen molar-refractivity contribution in [1.82, 2.24) is 0 Å². The van der Waals surface area contributed by atoms with Crippen molar-refractivity contribution in [3.05, 3.63) is 34.9 Å². The fraction of sp³-hybridized carbons (Fsp3) is 0.619. The molecule has 0 atom stereocenters. The number of hydrogen-bond donors (Lipinski definition) is 0. The van der Waals surface area contributed by atoms with E-state index < -0.39 is 0 Å². The van der Waals surface area contributed by atoms with Crippen LogP contribution >= 0.6 is 0 Å². The van der Waals surface area contributed by atoms with Gasteiger partial charge in [-0.2, -0.15) is 10.3 Å². The lowest BCUT2D eigenvalue weighted by atomic mass is 9.70. The summed E-state index contributed by atoms with van der Waals surface area (Å²) in [4.78, 5) is 4.34. The maximum absolute atomic E-state index is 9.28. The first-order valence-corrected chi connectivity index (χ1v) is 9.39. The van der Waals surface area contributed by atoms with E-state index in [9.17, 15) is 5.26 Å². The topological polar surface area (TPSA) is 45.4 Å². The molecule has 3 nitrogen and oxygen atoms in total. The Morgan fingerprint density at radius 1 is 1.17 bits per heavy atom. The molecule has 3 heteroatoms. The Morgan fingerprint density at radius 2 is 1.92 bits per heavy atom. The molecule has 2 fully saturated rings. The quantitative estimate of drug-likeness (QED) is 0.738. The van der Waals surface area contributed by atoms with Crippen molar-refractivity contribution in [3.8, 4) is 6.19 Å². The van der Waals surface area contributed by atoms with E-state index in [4.69, 9.17) is 4.74 Å². The number of fused-ring (bicyclic) bond motifs is 1. The first-order valence-electron chi connectivity index (χ1n) is 9.39. The van der Waals surface area contributed by atoms with E-state index in [1.165, 1.54) is 42.4 Å². The number of ether oxygens (including phenoxy) is 1. The van der Waals surface area contributed by atoms with E-state index in [0.29, 0.717) is 12.0 Å². The van der Waals surface area contributed by atoms with Crippen molar-refractivity contribution in [2.75, 3.05) is 7.11 Å². The average molecular weight is 322 g/mol. The van der Waals surface area contributed by atoms with Gasteiger partial charge in [0.25, 0.3) is 0 Å². The van der Waals surface area contributed by atoms with E-state index in [-0.39, 0.29) is 5.41 Å². The molecule has 0 radical (unpaired) electrons. The molecule has 2 saturated carbocycles. The number of aliphatic imine (C=N–C) groups is 1. The standard InChI is InChI=1S/C21H26N2O/c1-24-18-8-10-21(11-9-18)13-17-7-6-16(15-4-2-3-5-15)12-19(17)20(21)23-14-22/h6-7,12,15,18H,2-5,8-11,13H2,1H3. The van der Waals surface area contributed by atoms with E-state index in [1.54, 1.807) is 0 Å². The third kappa shape index (κ3) is 2.58. The second-order valence-corrected chi connectivity index (χ2v) is 7.85. The van der Waals surface area contributed by atoms with Crippen molar-refractivity contribution < 1.29 is 4.74 Å². The number of rotatable bonds is 2. The van der Waals surface area contributed by atoms with Gasteiger partial charge in [0.15, 0.2) is 0 Å². The summed E-state index contributed by atoms with van der Waals surface area (Å²) in [5, 5.41) is 9.28. The Kier molecular flexibility index (Phi) is 4.18. The van der Waals surface area contributed by atoms with Gasteiger partial charge in [0.05, 0.1) is 11.8 Å². The Balaban J connectivity index is 1.68. The Labute approximate surface area is 144 Å². The molecule has 1 aromatic carbocycles. The fourth-order valence-corrected chi connectivity index (χ4v) is 5.24. The van der Waals surface area contributed by atoms with E-state index >= 15 is 0 Å². The van der Waals surface area contributed by atoms with Crippen LogP contribution in [0.4, 0.5) is 0 Å². The molecular formula is C21H26N2O. The summed E-state index contributed by atoms with van der Waals surface area (Å²) in [5.74, 6) is 0.708. The number of methoxy groups -OCH3 is 1. The molecule has 0 bridgehead atoms. The van der Waals surface area contributed by atoms with Gasteiger partial charge in [0.2, 0.25) is 6.19 Å². The normalized spacial score (nSPS) is 31.5. The van der Waals surface area contributed by atoms with Crippen LogP contribution in [0.5, 0.6) is 0 Å². The van der Waals surface area contributed by atoms with Crippen LogP contribution in [0.2, 0.25) is 0 Å². The minimum absolute atomic E-state index is 0.0708. The second-order valence-electron chi connectivity index (χ2n) is 7.85. The van der Waals surface area contributed by atoms with Crippen LogP contribution < -0.4 is 0 Å². The summed E-state index contributed by atoms with van der Waals surface area (Å²) in [6.45, 7) is 0. The largest absolute Gasteiger partial charge is 0.381 e. The van der Waals surface area contributed by atoms with Crippen LogP contribution in [0.1, 0.15) is 74.0 Å². The fourth-order valence-electron chi connectivity index (χ4n) is 5.24. The summed E-state index contributed by atoms with van der Waals surface area (Å²) in [5.41, 5.74) is 5.24. The zero-order chi connectivity index (χ0) is 16.6. The maximum Gasteiger partial charge on any atom is 0.205 e. The van der Waals surface area contributed by atoms with Crippen molar-refractivity contribution in [1.29, 1.82) is 5.26 Å². The van der Waals surface area contributed by atoms with Crippen molar-refractivity contribution >= 4 is 5.71 Å². The molecule has 4 rings (SSSR count). The van der Waals surface area contributed by atoms with Gasteiger partial charge in [-0.15, -0.1) is 0 Å². The summed E-state index contributed by atoms with van der Waals surface area (Å²) in [7, 11) is 1.81. The highest BCUT2D eigenvalue weighted by Crippen LogP contribution is 2.49. The van der Waals surface area contributed by atoms with Gasteiger partial charge >= 0.3 is 0 Å². The van der Waals surface area contributed by atoms with Crippen LogP contribution in [0.15, 0.2) is 23.2 Å². The van der Waals surface area contributed by atoms with Gasteiger partial charge in [-0.1, -0.05) is 25.0 Å². The number of hydrogen-bond acceptors (Lipinski definition) is 3. The lowest BCUT2D eigenvalue weighted by Gasteiger charge is -2.36. The highest BCUT2D eigenvalue weighted by molar-refractivity contribution is 6.09. The molecule has 24 heavy (non-hydrogen) atoms. The highest BCUT2D eigenvalue weighted by Gasteiger charge is 2.46. The molecule has 126 valence electrons. The molecule has 0 heterocycles. The Bertz CT molecular complexity index is 686. The summed E-state index contributed by atoms with van der Waals surface area (Å²) in [6.07, 6.45) is 13.1. The third-order valence-electron chi connectivity index (χ3n) is 6.63. The monoisotopic (exact) mass is 322 g/mol. The smallest absolute Gasteiger partial charge is 0.205 e. The van der Waals surface area contributed by atoms with Gasteiger partial charge in [-0.05, 0) is 68.1 Å². The molecule has 0 amide bonds. The second kappa shape index (κ2) is 6.33. The highest BCUT2D eigenvalue weighted by atomic mass is 16.5. The average Bonchev–Trinajstić information content (AvgIpc) is 3.24. The SMILES string of the molecule is COC1CCC2(CC1)Cc1ccc(C3CCCC3)cc1C2=NC#N. The van der Waals surface area contributed by atoms with Gasteiger partial charge in [-0.25, -0.2) is 0 Å². The lowest BCUT2D eigenvalue weighted by molar-refractivity contribution is 0.0468. The van der Waals surface area contributed by atoms with Crippen LogP contribution in [0.3, 0.4) is 0 Å². The predicted octanol–water partition coefficient (Wildman–Crippen LogP) is 4.75. The minimum atomic E-state index is 0.0708. The zero-order valence-corrected chi connectivity index (χ0v) is 14.6. The summed E-state index contributed by atoms with van der Waals surface area (Å²) >= 11 is 0. The molecule has 3 aliphatic carbocycles. The first-order chi connectivity index (χ1) is 11.8. The lowest BCUT2D eigenvalue weighted by Crippen LogP contribution is -2.35. The van der Waals surface area contributed by atoms with Crippen molar-refractivity contribution in [3.63, 3.8) is 0 Å². The Hall–Kier alpha value is -1.66. The Morgan fingerprint density at radius 3 is 2.58 bits per heavy atom. The first kappa shape index (κ1) is 15.8. The van der Waals surface area contributed by atoms with Crippen molar-refractivity contribution in [2.24, 2.45) is 10.4 Å².